The summed E-state index contributed by atoms with van der Waals surface area (Å²) in [4.78, 5) is 4.12. The molecule has 0 fully saturated rings. The molecule has 14 heavy (non-hydrogen) atoms. The van der Waals surface area contributed by atoms with E-state index in [1.807, 2.05) is 18.3 Å². The SMILES string of the molecule is Cc1c(Br)cccc1-c1cccnc1. The Balaban J connectivity index is 2.58. The fraction of sp³-hybridized carbons (Fsp3) is 0.0833. The molecule has 2 heteroatoms. The van der Waals surface area contributed by atoms with Gasteiger partial charge in [0, 0.05) is 22.4 Å². The van der Waals surface area contributed by atoms with Gasteiger partial charge in [-0.3, -0.25) is 4.98 Å². The number of hydrogen-bond donors (Lipinski definition) is 0. The van der Waals surface area contributed by atoms with Gasteiger partial charge in [-0.2, -0.15) is 0 Å². The zero-order valence-corrected chi connectivity index (χ0v) is 9.45. The molecule has 0 spiro atoms. The largest absolute Gasteiger partial charge is 0.264 e. The number of benzene rings is 1. The monoisotopic (exact) mass is 247 g/mol. The van der Waals surface area contributed by atoms with Gasteiger partial charge in [0.05, 0.1) is 0 Å². The Morgan fingerprint density at radius 1 is 1.14 bits per heavy atom. The second-order valence-electron chi connectivity index (χ2n) is 3.15. The Morgan fingerprint density at radius 2 is 2.00 bits per heavy atom. The van der Waals surface area contributed by atoms with E-state index in [9.17, 15) is 0 Å². The second kappa shape index (κ2) is 3.93. The van der Waals surface area contributed by atoms with Crippen molar-refractivity contribution in [3.63, 3.8) is 0 Å². The average molecular weight is 248 g/mol. The summed E-state index contributed by atoms with van der Waals surface area (Å²) >= 11 is 3.52. The fourth-order valence-electron chi connectivity index (χ4n) is 1.44. The maximum absolute atomic E-state index is 4.12. The summed E-state index contributed by atoms with van der Waals surface area (Å²) in [6.45, 7) is 2.10. The van der Waals surface area contributed by atoms with E-state index in [1.54, 1.807) is 6.20 Å². The first-order valence-corrected chi connectivity index (χ1v) is 5.24. The number of nitrogens with zero attached hydrogens (tertiary/aromatic N) is 1. The Morgan fingerprint density at radius 3 is 2.71 bits per heavy atom. The van der Waals surface area contributed by atoms with Crippen LogP contribution in [0.25, 0.3) is 11.1 Å². The van der Waals surface area contributed by atoms with E-state index >= 15 is 0 Å². The molecule has 1 aromatic heterocycles. The molecule has 0 amide bonds. The summed E-state index contributed by atoms with van der Waals surface area (Å²) < 4.78 is 1.14. The second-order valence-corrected chi connectivity index (χ2v) is 4.01. The molecule has 2 rings (SSSR count). The highest BCUT2D eigenvalue weighted by Crippen LogP contribution is 2.27. The van der Waals surface area contributed by atoms with Crippen molar-refractivity contribution in [2.75, 3.05) is 0 Å². The summed E-state index contributed by atoms with van der Waals surface area (Å²) in [7, 11) is 0. The first kappa shape index (κ1) is 9.41. The van der Waals surface area contributed by atoms with E-state index in [2.05, 4.69) is 46.0 Å². The smallest absolute Gasteiger partial charge is 0.0346 e. The van der Waals surface area contributed by atoms with Gasteiger partial charge in [0.25, 0.3) is 0 Å². The minimum atomic E-state index is 1.14. The van der Waals surface area contributed by atoms with E-state index in [0.717, 1.165) is 10.0 Å². The Labute approximate surface area is 91.9 Å². The molecular weight excluding hydrogens is 238 g/mol. The molecule has 0 aliphatic carbocycles. The van der Waals surface area contributed by atoms with Crippen LogP contribution in [0, 0.1) is 6.92 Å². The van der Waals surface area contributed by atoms with Gasteiger partial charge in [-0.05, 0) is 30.2 Å². The van der Waals surface area contributed by atoms with Crippen LogP contribution in [-0.2, 0) is 0 Å². The van der Waals surface area contributed by atoms with Crippen LogP contribution in [0.15, 0.2) is 47.2 Å². The van der Waals surface area contributed by atoms with Gasteiger partial charge < -0.3 is 0 Å². The van der Waals surface area contributed by atoms with Gasteiger partial charge >= 0.3 is 0 Å². The molecule has 0 aliphatic heterocycles. The van der Waals surface area contributed by atoms with Crippen molar-refractivity contribution >= 4 is 15.9 Å². The highest BCUT2D eigenvalue weighted by atomic mass is 79.9. The topological polar surface area (TPSA) is 12.9 Å². The van der Waals surface area contributed by atoms with Crippen molar-refractivity contribution in [2.45, 2.75) is 6.92 Å². The van der Waals surface area contributed by atoms with Crippen LogP contribution in [0.1, 0.15) is 5.56 Å². The third-order valence-corrected chi connectivity index (χ3v) is 3.10. The number of aromatic nitrogens is 1. The van der Waals surface area contributed by atoms with E-state index in [4.69, 9.17) is 0 Å². The van der Waals surface area contributed by atoms with Crippen molar-refractivity contribution in [1.82, 2.24) is 4.98 Å². The van der Waals surface area contributed by atoms with Crippen LogP contribution < -0.4 is 0 Å². The Bertz CT molecular complexity index is 437. The van der Waals surface area contributed by atoms with Crippen LogP contribution in [0.5, 0.6) is 0 Å². The Hall–Kier alpha value is -1.15. The van der Waals surface area contributed by atoms with Crippen molar-refractivity contribution in [3.05, 3.63) is 52.8 Å². The predicted molar refractivity (Wildman–Crippen MR) is 62.1 cm³/mol. The van der Waals surface area contributed by atoms with Gasteiger partial charge in [0.2, 0.25) is 0 Å². The van der Waals surface area contributed by atoms with Gasteiger partial charge in [-0.15, -0.1) is 0 Å². The van der Waals surface area contributed by atoms with Crippen LogP contribution in [0.4, 0.5) is 0 Å². The van der Waals surface area contributed by atoms with Crippen molar-refractivity contribution in [2.24, 2.45) is 0 Å². The quantitative estimate of drug-likeness (QED) is 0.747. The molecule has 1 heterocycles. The average Bonchev–Trinajstić information content (AvgIpc) is 2.23. The van der Waals surface area contributed by atoms with Crippen LogP contribution >= 0.6 is 15.9 Å². The molecular formula is C12H10BrN. The lowest BCUT2D eigenvalue weighted by atomic mass is 10.0. The molecule has 1 aromatic carbocycles. The number of halogens is 1. The summed E-state index contributed by atoms with van der Waals surface area (Å²) in [6, 6.07) is 10.2. The number of hydrogen-bond acceptors (Lipinski definition) is 1. The summed E-state index contributed by atoms with van der Waals surface area (Å²) in [6.07, 6.45) is 3.67. The highest BCUT2D eigenvalue weighted by Gasteiger charge is 2.03. The molecule has 0 N–H and O–H groups in total. The first-order chi connectivity index (χ1) is 6.79. The molecule has 2 aromatic rings. The summed E-state index contributed by atoms with van der Waals surface area (Å²) in [5.41, 5.74) is 3.64. The van der Waals surface area contributed by atoms with E-state index in [-0.39, 0.29) is 0 Å². The number of rotatable bonds is 1. The first-order valence-electron chi connectivity index (χ1n) is 4.44. The summed E-state index contributed by atoms with van der Waals surface area (Å²) in [5, 5.41) is 0. The van der Waals surface area contributed by atoms with Gasteiger partial charge in [0.1, 0.15) is 0 Å². The fourth-order valence-corrected chi connectivity index (χ4v) is 1.81. The molecule has 70 valence electrons. The molecule has 0 radical (unpaired) electrons. The van der Waals surface area contributed by atoms with E-state index in [1.165, 1.54) is 11.1 Å². The van der Waals surface area contributed by atoms with Crippen LogP contribution in [0.2, 0.25) is 0 Å². The molecule has 0 aliphatic rings. The molecule has 1 nitrogen and oxygen atoms in total. The Kier molecular flexibility index (Phi) is 2.64. The van der Waals surface area contributed by atoms with E-state index < -0.39 is 0 Å². The van der Waals surface area contributed by atoms with Gasteiger partial charge in [-0.1, -0.05) is 34.1 Å². The molecule has 0 bridgehead atoms. The normalized spacial score (nSPS) is 10.1. The minimum Gasteiger partial charge on any atom is -0.264 e. The third-order valence-electron chi connectivity index (χ3n) is 2.24. The molecule has 0 saturated carbocycles. The van der Waals surface area contributed by atoms with Gasteiger partial charge in [0.15, 0.2) is 0 Å². The predicted octanol–water partition coefficient (Wildman–Crippen LogP) is 3.82. The summed E-state index contributed by atoms with van der Waals surface area (Å²) in [5.74, 6) is 0. The number of pyridine rings is 1. The van der Waals surface area contributed by atoms with Crippen molar-refractivity contribution in [3.8, 4) is 11.1 Å². The molecule has 0 atom stereocenters. The van der Waals surface area contributed by atoms with Crippen LogP contribution in [-0.4, -0.2) is 4.98 Å². The van der Waals surface area contributed by atoms with Crippen LogP contribution in [0.3, 0.4) is 0 Å². The molecule has 0 saturated heterocycles. The maximum Gasteiger partial charge on any atom is 0.0346 e. The zero-order valence-electron chi connectivity index (χ0n) is 7.87. The maximum atomic E-state index is 4.12. The van der Waals surface area contributed by atoms with Crippen molar-refractivity contribution in [1.29, 1.82) is 0 Å². The lowest BCUT2D eigenvalue weighted by Gasteiger charge is -2.06. The third kappa shape index (κ3) is 1.70. The highest BCUT2D eigenvalue weighted by molar-refractivity contribution is 9.10. The minimum absolute atomic E-state index is 1.14. The van der Waals surface area contributed by atoms with Crippen molar-refractivity contribution < 1.29 is 0 Å². The lowest BCUT2D eigenvalue weighted by Crippen LogP contribution is -1.84. The standard InChI is InChI=1S/C12H10BrN/c1-9-11(5-2-6-12(9)13)10-4-3-7-14-8-10/h2-8H,1H3. The van der Waals surface area contributed by atoms with Gasteiger partial charge in [-0.25, -0.2) is 0 Å². The lowest BCUT2D eigenvalue weighted by molar-refractivity contribution is 1.32. The molecule has 0 unspecified atom stereocenters. The van der Waals surface area contributed by atoms with E-state index in [0.29, 0.717) is 0 Å². The zero-order chi connectivity index (χ0) is 9.97.